The van der Waals surface area contributed by atoms with E-state index in [2.05, 4.69) is 12.2 Å². The van der Waals surface area contributed by atoms with Crippen LogP contribution in [0.5, 0.6) is 0 Å². The van der Waals surface area contributed by atoms with Crippen LogP contribution in [-0.4, -0.2) is 29.5 Å². The number of nitrogens with one attached hydrogen (secondary N) is 1. The van der Waals surface area contributed by atoms with E-state index < -0.39 is 0 Å². The summed E-state index contributed by atoms with van der Waals surface area (Å²) in [4.78, 5) is 12.3. The van der Waals surface area contributed by atoms with Gasteiger partial charge in [0.1, 0.15) is 0 Å². The van der Waals surface area contributed by atoms with E-state index >= 15 is 0 Å². The Bertz CT molecular complexity index is 255. The fraction of sp³-hybridized carbons (Fsp3) is 0.923. The predicted molar refractivity (Wildman–Crippen MR) is 82.4 cm³/mol. The van der Waals surface area contributed by atoms with Crippen LogP contribution < -0.4 is 11.1 Å². The summed E-state index contributed by atoms with van der Waals surface area (Å²) in [5, 5.41) is 3.12. The zero-order valence-electron chi connectivity index (χ0n) is 11.8. The molecule has 1 heterocycles. The van der Waals surface area contributed by atoms with Gasteiger partial charge in [-0.05, 0) is 38.4 Å². The summed E-state index contributed by atoms with van der Waals surface area (Å²) in [5.74, 6) is 1.36. The Labute approximate surface area is 121 Å². The number of thioether (sulfide) groups is 1. The van der Waals surface area contributed by atoms with Crippen molar-refractivity contribution in [3.05, 3.63) is 0 Å². The Morgan fingerprint density at radius 2 is 2.06 bits per heavy atom. The van der Waals surface area contributed by atoms with E-state index in [1.807, 2.05) is 25.6 Å². The molecule has 0 saturated carbocycles. The summed E-state index contributed by atoms with van der Waals surface area (Å²) in [7, 11) is 0. The Morgan fingerprint density at radius 1 is 1.44 bits per heavy atom. The van der Waals surface area contributed by atoms with Gasteiger partial charge in [-0.2, -0.15) is 11.8 Å². The van der Waals surface area contributed by atoms with Crippen LogP contribution >= 0.6 is 24.2 Å². The molecule has 1 rings (SSSR count). The number of amides is 1. The fourth-order valence-corrected chi connectivity index (χ4v) is 3.63. The quantitative estimate of drug-likeness (QED) is 0.792. The predicted octanol–water partition coefficient (Wildman–Crippen LogP) is 2.58. The average Bonchev–Trinajstić information content (AvgIpc) is 2.77. The first-order valence-electron chi connectivity index (χ1n) is 6.64. The van der Waals surface area contributed by atoms with Crippen molar-refractivity contribution < 1.29 is 4.79 Å². The maximum Gasteiger partial charge on any atom is 0.227 e. The van der Waals surface area contributed by atoms with Gasteiger partial charge in [-0.1, -0.05) is 13.8 Å². The van der Waals surface area contributed by atoms with Gasteiger partial charge >= 0.3 is 0 Å². The lowest BCUT2D eigenvalue weighted by Gasteiger charge is -2.31. The van der Waals surface area contributed by atoms with E-state index in [0.717, 1.165) is 19.4 Å². The summed E-state index contributed by atoms with van der Waals surface area (Å²) in [6.07, 6.45) is 4.10. The maximum absolute atomic E-state index is 12.3. The molecule has 0 bridgehead atoms. The van der Waals surface area contributed by atoms with Gasteiger partial charge in [-0.15, -0.1) is 12.4 Å². The highest BCUT2D eigenvalue weighted by Gasteiger charge is 2.36. The van der Waals surface area contributed by atoms with E-state index in [4.69, 9.17) is 5.73 Å². The van der Waals surface area contributed by atoms with Crippen LogP contribution in [-0.2, 0) is 4.79 Å². The molecule has 18 heavy (non-hydrogen) atoms. The summed E-state index contributed by atoms with van der Waals surface area (Å²) in [5.41, 5.74) is 5.42. The molecule has 108 valence electrons. The van der Waals surface area contributed by atoms with Gasteiger partial charge in [0.05, 0.1) is 5.41 Å². The molecule has 0 aliphatic carbocycles. The molecule has 1 amide bonds. The molecule has 3 N–H and O–H groups in total. The summed E-state index contributed by atoms with van der Waals surface area (Å²) in [6.45, 7) is 7.55. The van der Waals surface area contributed by atoms with Crippen LogP contribution in [0, 0.1) is 5.41 Å². The van der Waals surface area contributed by atoms with Crippen molar-refractivity contribution in [2.45, 2.75) is 51.2 Å². The molecular weight excluding hydrogens is 268 g/mol. The van der Waals surface area contributed by atoms with Gasteiger partial charge in [0.25, 0.3) is 0 Å². The standard InChI is InChI=1S/C13H26N2OS.ClH/c1-4-13(5-2,9-14)11(16)15-10-12(3)7-6-8-17-12;/h4-10,14H2,1-3H3,(H,15,16);1H. The molecule has 1 aliphatic heterocycles. The van der Waals surface area contributed by atoms with Crippen molar-refractivity contribution in [1.29, 1.82) is 0 Å². The number of carbonyl (C=O) groups is 1. The Kier molecular flexibility index (Phi) is 7.64. The second-order valence-corrected chi connectivity index (χ2v) is 6.96. The van der Waals surface area contributed by atoms with Gasteiger partial charge in [0.2, 0.25) is 5.91 Å². The first-order chi connectivity index (χ1) is 8.02. The van der Waals surface area contributed by atoms with Crippen LogP contribution in [0.25, 0.3) is 0 Å². The molecule has 1 atom stereocenters. The zero-order valence-corrected chi connectivity index (χ0v) is 13.4. The third-order valence-electron chi connectivity index (χ3n) is 4.15. The first-order valence-corrected chi connectivity index (χ1v) is 7.63. The van der Waals surface area contributed by atoms with Gasteiger partial charge in [-0.3, -0.25) is 4.79 Å². The van der Waals surface area contributed by atoms with Gasteiger partial charge in [0, 0.05) is 17.8 Å². The van der Waals surface area contributed by atoms with Crippen LogP contribution in [0.1, 0.15) is 46.5 Å². The normalized spacial score (nSPS) is 23.6. The van der Waals surface area contributed by atoms with E-state index in [9.17, 15) is 4.79 Å². The Hall–Kier alpha value is 0.0700. The lowest BCUT2D eigenvalue weighted by atomic mass is 9.81. The van der Waals surface area contributed by atoms with E-state index in [-0.39, 0.29) is 28.5 Å². The number of hydrogen-bond donors (Lipinski definition) is 2. The average molecular weight is 295 g/mol. The molecule has 0 spiro atoms. The minimum absolute atomic E-state index is 0. The molecular formula is C13H27ClN2OS. The largest absolute Gasteiger partial charge is 0.354 e. The van der Waals surface area contributed by atoms with Crippen molar-refractivity contribution in [2.75, 3.05) is 18.8 Å². The smallest absolute Gasteiger partial charge is 0.227 e. The number of rotatable bonds is 6. The summed E-state index contributed by atoms with van der Waals surface area (Å²) >= 11 is 1.97. The third-order valence-corrected chi connectivity index (χ3v) is 5.69. The molecule has 1 aliphatic rings. The molecule has 1 fully saturated rings. The minimum atomic E-state index is -0.361. The minimum Gasteiger partial charge on any atom is -0.354 e. The zero-order chi connectivity index (χ0) is 12.9. The first kappa shape index (κ1) is 18.1. The maximum atomic E-state index is 12.3. The lowest BCUT2D eigenvalue weighted by molar-refractivity contribution is -0.131. The van der Waals surface area contributed by atoms with Crippen molar-refractivity contribution in [1.82, 2.24) is 5.32 Å². The second kappa shape index (κ2) is 7.61. The molecule has 1 saturated heterocycles. The lowest BCUT2D eigenvalue weighted by Crippen LogP contribution is -2.48. The molecule has 0 aromatic carbocycles. The van der Waals surface area contributed by atoms with Crippen LogP contribution in [0.15, 0.2) is 0 Å². The molecule has 5 heteroatoms. The topological polar surface area (TPSA) is 55.1 Å². The molecule has 3 nitrogen and oxygen atoms in total. The van der Waals surface area contributed by atoms with Crippen LogP contribution in [0.4, 0.5) is 0 Å². The summed E-state index contributed by atoms with van der Waals surface area (Å²) < 4.78 is 0.234. The summed E-state index contributed by atoms with van der Waals surface area (Å²) in [6, 6.07) is 0. The van der Waals surface area contributed by atoms with Gasteiger partial charge in [-0.25, -0.2) is 0 Å². The molecule has 0 aromatic heterocycles. The van der Waals surface area contributed by atoms with Crippen molar-refractivity contribution >= 4 is 30.1 Å². The third kappa shape index (κ3) is 4.04. The number of hydrogen-bond acceptors (Lipinski definition) is 3. The van der Waals surface area contributed by atoms with Crippen molar-refractivity contribution in [3.63, 3.8) is 0 Å². The molecule has 1 unspecified atom stereocenters. The molecule has 0 aromatic rings. The monoisotopic (exact) mass is 294 g/mol. The number of halogens is 1. The fourth-order valence-electron chi connectivity index (χ4n) is 2.38. The highest BCUT2D eigenvalue weighted by atomic mass is 35.5. The second-order valence-electron chi connectivity index (χ2n) is 5.28. The van der Waals surface area contributed by atoms with E-state index in [1.54, 1.807) is 0 Å². The van der Waals surface area contributed by atoms with Crippen molar-refractivity contribution in [3.8, 4) is 0 Å². The van der Waals surface area contributed by atoms with E-state index in [1.165, 1.54) is 18.6 Å². The Morgan fingerprint density at radius 3 is 2.44 bits per heavy atom. The van der Waals surface area contributed by atoms with Crippen LogP contribution in [0.2, 0.25) is 0 Å². The van der Waals surface area contributed by atoms with Crippen molar-refractivity contribution in [2.24, 2.45) is 11.1 Å². The highest BCUT2D eigenvalue weighted by molar-refractivity contribution is 8.00. The molecule has 0 radical (unpaired) electrons. The number of nitrogens with two attached hydrogens (primary N) is 1. The van der Waals surface area contributed by atoms with Gasteiger partial charge in [0.15, 0.2) is 0 Å². The van der Waals surface area contributed by atoms with E-state index in [0.29, 0.717) is 6.54 Å². The number of carbonyl (C=O) groups excluding carboxylic acids is 1. The Balaban J connectivity index is 0.00000289. The van der Waals surface area contributed by atoms with Gasteiger partial charge < -0.3 is 11.1 Å². The highest BCUT2D eigenvalue weighted by Crippen LogP contribution is 2.37. The SMILES string of the molecule is CCC(CC)(CN)C(=O)NCC1(C)CCCS1.Cl. The van der Waals surface area contributed by atoms with Crippen LogP contribution in [0.3, 0.4) is 0 Å².